The van der Waals surface area contributed by atoms with Crippen molar-refractivity contribution in [3.05, 3.63) is 0 Å². The molecule has 0 heterocycles. The second-order valence-corrected chi connectivity index (χ2v) is 0. The van der Waals surface area contributed by atoms with Crippen LogP contribution < -0.4 is 0 Å². The first-order chi connectivity index (χ1) is 1.00. The number of hydrogen-bond donors (Lipinski definition) is 0. The van der Waals surface area contributed by atoms with Gasteiger partial charge >= 0.3 is 1.43 Å². The topological polar surface area (TPSA) is 0 Å². The van der Waals surface area contributed by atoms with Crippen molar-refractivity contribution in [2.24, 2.45) is 0 Å². The zero-order valence-corrected chi connectivity index (χ0v) is 7.28. The standard InChI is InChI=1S/2Mo.S2/c;;1-2/q;;-2/p+1. The van der Waals surface area contributed by atoms with E-state index in [-0.39, 0.29) is 43.6 Å². The largest absolute Gasteiger partial charge is 1.00 e. The van der Waals surface area contributed by atoms with Crippen LogP contribution >= 0.6 is 0 Å². The van der Waals surface area contributed by atoms with Gasteiger partial charge in [-0.05, 0) is 0 Å². The summed E-state index contributed by atoms with van der Waals surface area (Å²) in [5.41, 5.74) is 0. The molecular formula is HMo2S2-. The molecule has 0 bridgehead atoms. The second kappa shape index (κ2) is 19.6. The average Bonchev–Trinajstić information content (AvgIpc) is 1.00. The molecule has 26 valence electrons. The Bertz CT molecular complexity index is 7.61. The van der Waals surface area contributed by atoms with E-state index < -0.39 is 0 Å². The van der Waals surface area contributed by atoms with Crippen LogP contribution in [0.15, 0.2) is 0 Å². The minimum atomic E-state index is 0. The van der Waals surface area contributed by atoms with Crippen molar-refractivity contribution >= 4 is 23.3 Å². The van der Waals surface area contributed by atoms with E-state index >= 15 is 0 Å². The van der Waals surface area contributed by atoms with Gasteiger partial charge in [-0.3, -0.25) is 0 Å². The molecule has 0 rings (SSSR count). The fourth-order valence-electron chi connectivity index (χ4n) is 0. The van der Waals surface area contributed by atoms with E-state index in [0.717, 1.165) is 0 Å². The SMILES string of the molecule is [H+].[Mo].[Mo].[S-][S-]. The predicted octanol–water partition coefficient (Wildman–Crippen LogP) is 0.103. The van der Waals surface area contributed by atoms with Gasteiger partial charge in [-0.25, -0.2) is 0 Å². The first kappa shape index (κ1) is 16.5. The summed E-state index contributed by atoms with van der Waals surface area (Å²) in [6, 6.07) is 0. The van der Waals surface area contributed by atoms with Crippen molar-refractivity contribution in [3.8, 4) is 0 Å². The molecule has 0 atom stereocenters. The zero-order valence-electron chi connectivity index (χ0n) is 2.63. The Kier molecular flexibility index (Phi) is 80.9. The average molecular weight is 257 g/mol. The Hall–Kier alpha value is 2.08. The minimum absolute atomic E-state index is 0. The van der Waals surface area contributed by atoms with Crippen molar-refractivity contribution < 1.29 is 43.6 Å². The van der Waals surface area contributed by atoms with E-state index in [1.165, 1.54) is 0 Å². The fraction of sp³-hybridized carbons (Fsp3) is 0. The maximum absolute atomic E-state index is 3.67. The Morgan fingerprint density at radius 3 is 1.00 bits per heavy atom. The van der Waals surface area contributed by atoms with Crippen LogP contribution in [0.4, 0.5) is 0 Å². The van der Waals surface area contributed by atoms with Crippen LogP contribution in [-0.2, 0) is 65.5 Å². The van der Waals surface area contributed by atoms with E-state index in [1.807, 2.05) is 0 Å². The van der Waals surface area contributed by atoms with Gasteiger partial charge < -0.3 is 23.3 Å². The van der Waals surface area contributed by atoms with Crippen LogP contribution in [0.2, 0.25) is 0 Å². The third kappa shape index (κ3) is 8.95. The van der Waals surface area contributed by atoms with E-state index in [1.54, 1.807) is 0 Å². The summed E-state index contributed by atoms with van der Waals surface area (Å²) in [5.74, 6) is 0. The first-order valence-corrected chi connectivity index (χ1v) is 1.50. The molecule has 4 heavy (non-hydrogen) atoms. The van der Waals surface area contributed by atoms with Crippen LogP contribution in [0.25, 0.3) is 0 Å². The van der Waals surface area contributed by atoms with Crippen LogP contribution in [0.3, 0.4) is 0 Å². The monoisotopic (exact) mass is 261 g/mol. The molecule has 0 aliphatic rings. The maximum atomic E-state index is 3.67. The van der Waals surface area contributed by atoms with Crippen LogP contribution in [0.1, 0.15) is 1.43 Å². The molecule has 0 aliphatic heterocycles. The van der Waals surface area contributed by atoms with Gasteiger partial charge in [-0.2, -0.15) is 0 Å². The molecule has 0 aromatic rings. The zero-order chi connectivity index (χ0) is 2.00. The van der Waals surface area contributed by atoms with Gasteiger partial charge in [0, 0.05) is 42.1 Å². The molecule has 0 fully saturated rings. The van der Waals surface area contributed by atoms with E-state index in [2.05, 4.69) is 23.3 Å². The number of rotatable bonds is 0. The molecule has 0 aromatic heterocycles. The van der Waals surface area contributed by atoms with Crippen molar-refractivity contribution in [2.75, 3.05) is 0 Å². The van der Waals surface area contributed by atoms with Crippen LogP contribution in [-0.4, -0.2) is 0 Å². The normalized spacial score (nSPS) is 1.50. The summed E-state index contributed by atoms with van der Waals surface area (Å²) in [4.78, 5) is 0. The molecule has 0 saturated carbocycles. The van der Waals surface area contributed by atoms with Crippen molar-refractivity contribution in [3.63, 3.8) is 0 Å². The van der Waals surface area contributed by atoms with E-state index in [0.29, 0.717) is 0 Å². The van der Waals surface area contributed by atoms with Gasteiger partial charge in [0.05, 0.1) is 0 Å². The molecule has 0 nitrogen and oxygen atoms in total. The van der Waals surface area contributed by atoms with Gasteiger partial charge in [0.1, 0.15) is 0 Å². The molecule has 0 spiro atoms. The fourth-order valence-corrected chi connectivity index (χ4v) is 0. The molecular weight excluding hydrogens is 256 g/mol. The Labute approximate surface area is 66.3 Å². The van der Waals surface area contributed by atoms with E-state index in [4.69, 9.17) is 0 Å². The summed E-state index contributed by atoms with van der Waals surface area (Å²) >= 11 is 7.33. The molecule has 4 heteroatoms. The van der Waals surface area contributed by atoms with Gasteiger partial charge in [-0.1, -0.05) is 0 Å². The summed E-state index contributed by atoms with van der Waals surface area (Å²) in [6.45, 7) is 0. The molecule has 0 N–H and O–H groups in total. The van der Waals surface area contributed by atoms with Crippen molar-refractivity contribution in [1.29, 1.82) is 0 Å². The Balaban J connectivity index is -0.00000000167. The smallest absolute Gasteiger partial charge is 1.00 e. The Morgan fingerprint density at radius 2 is 1.00 bits per heavy atom. The maximum Gasteiger partial charge on any atom is 1.00 e. The van der Waals surface area contributed by atoms with Crippen molar-refractivity contribution in [2.45, 2.75) is 0 Å². The third-order valence-electron chi connectivity index (χ3n) is 0. The molecule has 0 amide bonds. The van der Waals surface area contributed by atoms with Crippen LogP contribution in [0, 0.1) is 0 Å². The van der Waals surface area contributed by atoms with Crippen molar-refractivity contribution in [1.82, 2.24) is 0 Å². The first-order valence-electron chi connectivity index (χ1n) is 0.167. The molecule has 0 saturated heterocycles. The number of hydrogen-bond acceptors (Lipinski definition) is 2. The van der Waals surface area contributed by atoms with Crippen LogP contribution in [0.5, 0.6) is 0 Å². The molecule has 0 aliphatic carbocycles. The quantitative estimate of drug-likeness (QED) is 0.343. The molecule has 0 unspecified atom stereocenters. The molecule has 0 aromatic carbocycles. The summed E-state index contributed by atoms with van der Waals surface area (Å²) in [6.07, 6.45) is 0. The molecule has 0 radical (unpaired) electrons. The summed E-state index contributed by atoms with van der Waals surface area (Å²) in [7, 11) is 0. The minimum Gasteiger partial charge on any atom is -1.00 e. The second-order valence-electron chi connectivity index (χ2n) is 0. The Morgan fingerprint density at radius 1 is 1.00 bits per heavy atom. The van der Waals surface area contributed by atoms with Gasteiger partial charge in [0.25, 0.3) is 0 Å². The third-order valence-corrected chi connectivity index (χ3v) is 0. The van der Waals surface area contributed by atoms with Gasteiger partial charge in [0.2, 0.25) is 0 Å². The summed E-state index contributed by atoms with van der Waals surface area (Å²) in [5, 5.41) is 0. The summed E-state index contributed by atoms with van der Waals surface area (Å²) < 4.78 is 0. The van der Waals surface area contributed by atoms with E-state index in [9.17, 15) is 0 Å². The predicted molar refractivity (Wildman–Crippen MR) is 15.8 cm³/mol. The van der Waals surface area contributed by atoms with Gasteiger partial charge in [-0.15, -0.1) is 0 Å². The van der Waals surface area contributed by atoms with Gasteiger partial charge in [0.15, 0.2) is 0 Å².